The third-order valence-electron chi connectivity index (χ3n) is 1.50. The van der Waals surface area contributed by atoms with Crippen LogP contribution in [0, 0.1) is 0 Å². The van der Waals surface area contributed by atoms with E-state index >= 15 is 0 Å². The molecule has 0 radical (unpaired) electrons. The fourth-order valence-electron chi connectivity index (χ4n) is 0.897. The van der Waals surface area contributed by atoms with E-state index in [1.54, 1.807) is 0 Å². The number of hydrogen-bond acceptors (Lipinski definition) is 2. The Morgan fingerprint density at radius 3 is 2.42 bits per heavy atom. The van der Waals surface area contributed by atoms with E-state index in [2.05, 4.69) is 22.9 Å². The third-order valence-corrected chi connectivity index (χ3v) is 1.96. The zero-order valence-electron chi connectivity index (χ0n) is 8.18. The van der Waals surface area contributed by atoms with E-state index in [0.29, 0.717) is 4.83 Å². The van der Waals surface area contributed by atoms with Gasteiger partial charge in [0, 0.05) is 18.0 Å². The molecule has 3 heteroatoms. The zero-order chi connectivity index (χ0) is 9.40. The monoisotopic (exact) mass is 238 g/mol. The molecule has 2 nitrogen and oxygen atoms in total. The van der Waals surface area contributed by atoms with E-state index in [9.17, 15) is 0 Å². The van der Waals surface area contributed by atoms with Crippen molar-refractivity contribution < 1.29 is 9.47 Å². The molecule has 0 rings (SSSR count). The summed E-state index contributed by atoms with van der Waals surface area (Å²) >= 11 is 3.49. The van der Waals surface area contributed by atoms with Crippen molar-refractivity contribution in [1.29, 1.82) is 0 Å². The molecule has 0 spiro atoms. The van der Waals surface area contributed by atoms with Crippen LogP contribution in [0.5, 0.6) is 0 Å². The van der Waals surface area contributed by atoms with Crippen LogP contribution in [-0.2, 0) is 9.47 Å². The van der Waals surface area contributed by atoms with Gasteiger partial charge in [0.15, 0.2) is 6.29 Å². The number of halogens is 1. The highest BCUT2D eigenvalue weighted by molar-refractivity contribution is 9.09. The van der Waals surface area contributed by atoms with Gasteiger partial charge in [-0.05, 0) is 26.7 Å². The predicted molar refractivity (Wildman–Crippen MR) is 54.7 cm³/mol. The Kier molecular flexibility index (Phi) is 8.29. The molecule has 0 aliphatic heterocycles. The second-order valence-electron chi connectivity index (χ2n) is 2.82. The first kappa shape index (κ1) is 12.4. The van der Waals surface area contributed by atoms with Crippen LogP contribution >= 0.6 is 15.9 Å². The van der Waals surface area contributed by atoms with E-state index in [0.717, 1.165) is 26.1 Å². The summed E-state index contributed by atoms with van der Waals surface area (Å²) in [7, 11) is 0. The largest absolute Gasteiger partial charge is 0.353 e. The van der Waals surface area contributed by atoms with Crippen LogP contribution < -0.4 is 0 Å². The maximum atomic E-state index is 5.39. The smallest absolute Gasteiger partial charge is 0.154 e. The minimum atomic E-state index is -0.0550. The highest BCUT2D eigenvalue weighted by Crippen LogP contribution is 2.06. The Labute approximate surface area is 83.8 Å². The second kappa shape index (κ2) is 8.02. The first-order chi connectivity index (χ1) is 5.66. The van der Waals surface area contributed by atoms with Gasteiger partial charge in [-0.1, -0.05) is 22.9 Å². The minimum absolute atomic E-state index is 0.0550. The summed E-state index contributed by atoms with van der Waals surface area (Å²) in [6, 6.07) is 0. The summed E-state index contributed by atoms with van der Waals surface area (Å²) in [6.07, 6.45) is 2.18. The molecule has 0 aromatic carbocycles. The van der Waals surface area contributed by atoms with Crippen LogP contribution in [0.3, 0.4) is 0 Å². The van der Waals surface area contributed by atoms with Crippen molar-refractivity contribution in [3.63, 3.8) is 0 Å². The van der Waals surface area contributed by atoms with E-state index in [1.807, 2.05) is 13.8 Å². The van der Waals surface area contributed by atoms with Crippen molar-refractivity contribution in [2.24, 2.45) is 0 Å². The lowest BCUT2D eigenvalue weighted by atomic mass is 10.3. The average Bonchev–Trinajstić information content (AvgIpc) is 1.98. The lowest BCUT2D eigenvalue weighted by Crippen LogP contribution is -2.13. The third kappa shape index (κ3) is 8.50. The molecule has 0 bridgehead atoms. The van der Waals surface area contributed by atoms with Gasteiger partial charge in [0.25, 0.3) is 0 Å². The van der Waals surface area contributed by atoms with Gasteiger partial charge in [0.05, 0.1) is 0 Å². The van der Waals surface area contributed by atoms with Crippen molar-refractivity contribution in [2.45, 2.75) is 44.7 Å². The van der Waals surface area contributed by atoms with Crippen molar-refractivity contribution in [2.75, 3.05) is 13.2 Å². The Morgan fingerprint density at radius 1 is 1.25 bits per heavy atom. The topological polar surface area (TPSA) is 18.5 Å². The second-order valence-corrected chi connectivity index (χ2v) is 4.38. The molecule has 0 aliphatic rings. The van der Waals surface area contributed by atoms with Crippen LogP contribution in [-0.4, -0.2) is 24.3 Å². The summed E-state index contributed by atoms with van der Waals surface area (Å²) < 4.78 is 10.6. The Morgan fingerprint density at radius 2 is 1.92 bits per heavy atom. The molecule has 0 fully saturated rings. The standard InChI is InChI=1S/C9H19BrO2/c1-4-11-9(3)12-7-5-6-8(2)10/h8-9H,4-7H2,1-3H3. The number of alkyl halides is 1. The van der Waals surface area contributed by atoms with Gasteiger partial charge >= 0.3 is 0 Å². The summed E-state index contributed by atoms with van der Waals surface area (Å²) in [5.74, 6) is 0. The predicted octanol–water partition coefficient (Wildman–Crippen LogP) is 2.95. The van der Waals surface area contributed by atoms with Gasteiger partial charge in [-0.15, -0.1) is 0 Å². The molecule has 2 unspecified atom stereocenters. The van der Waals surface area contributed by atoms with Crippen LogP contribution in [0.1, 0.15) is 33.6 Å². The van der Waals surface area contributed by atoms with Crippen molar-refractivity contribution in [3.8, 4) is 0 Å². The summed E-state index contributed by atoms with van der Waals surface area (Å²) in [6.45, 7) is 7.56. The summed E-state index contributed by atoms with van der Waals surface area (Å²) in [5.41, 5.74) is 0. The molecule has 0 saturated heterocycles. The summed E-state index contributed by atoms with van der Waals surface area (Å²) in [4.78, 5) is 0.587. The zero-order valence-corrected chi connectivity index (χ0v) is 9.76. The molecular formula is C9H19BrO2. The molecule has 0 aliphatic carbocycles. The van der Waals surface area contributed by atoms with Gasteiger partial charge in [-0.2, -0.15) is 0 Å². The molecule has 0 aromatic rings. The van der Waals surface area contributed by atoms with E-state index in [-0.39, 0.29) is 6.29 Å². The van der Waals surface area contributed by atoms with Crippen LogP contribution in [0.15, 0.2) is 0 Å². The molecule has 0 amide bonds. The lowest BCUT2D eigenvalue weighted by Gasteiger charge is -2.12. The highest BCUT2D eigenvalue weighted by Gasteiger charge is 2.00. The fourth-order valence-corrected chi connectivity index (χ4v) is 1.22. The normalized spacial score (nSPS) is 16.0. The molecule has 12 heavy (non-hydrogen) atoms. The minimum Gasteiger partial charge on any atom is -0.353 e. The van der Waals surface area contributed by atoms with Gasteiger partial charge in [0.2, 0.25) is 0 Å². The first-order valence-electron chi connectivity index (χ1n) is 4.54. The number of ether oxygens (including phenoxy) is 2. The Balaban J connectivity index is 3.08. The fraction of sp³-hybridized carbons (Fsp3) is 1.00. The number of rotatable bonds is 7. The van der Waals surface area contributed by atoms with Crippen LogP contribution in [0.4, 0.5) is 0 Å². The highest BCUT2D eigenvalue weighted by atomic mass is 79.9. The van der Waals surface area contributed by atoms with Crippen LogP contribution in [0.2, 0.25) is 0 Å². The molecular weight excluding hydrogens is 220 g/mol. The molecule has 0 saturated carbocycles. The first-order valence-corrected chi connectivity index (χ1v) is 5.45. The molecule has 0 aromatic heterocycles. The maximum Gasteiger partial charge on any atom is 0.154 e. The quantitative estimate of drug-likeness (QED) is 0.386. The number of hydrogen-bond donors (Lipinski definition) is 0. The van der Waals surface area contributed by atoms with Gasteiger partial charge in [0.1, 0.15) is 0 Å². The average molecular weight is 239 g/mol. The molecule has 74 valence electrons. The van der Waals surface area contributed by atoms with Gasteiger partial charge < -0.3 is 9.47 Å². The van der Waals surface area contributed by atoms with Crippen LogP contribution in [0.25, 0.3) is 0 Å². The lowest BCUT2D eigenvalue weighted by molar-refractivity contribution is -0.127. The Bertz CT molecular complexity index is 96.5. The van der Waals surface area contributed by atoms with E-state index < -0.39 is 0 Å². The molecule has 0 heterocycles. The molecule has 2 atom stereocenters. The van der Waals surface area contributed by atoms with Gasteiger partial charge in [-0.25, -0.2) is 0 Å². The Hall–Kier alpha value is 0.400. The van der Waals surface area contributed by atoms with Crippen molar-refractivity contribution >= 4 is 15.9 Å². The van der Waals surface area contributed by atoms with E-state index in [1.165, 1.54) is 0 Å². The summed E-state index contributed by atoms with van der Waals surface area (Å²) in [5, 5.41) is 0. The van der Waals surface area contributed by atoms with E-state index in [4.69, 9.17) is 9.47 Å². The van der Waals surface area contributed by atoms with Crippen molar-refractivity contribution in [3.05, 3.63) is 0 Å². The maximum absolute atomic E-state index is 5.39. The molecule has 0 N–H and O–H groups in total. The van der Waals surface area contributed by atoms with Gasteiger partial charge in [-0.3, -0.25) is 0 Å². The van der Waals surface area contributed by atoms with Crippen molar-refractivity contribution in [1.82, 2.24) is 0 Å². The SMILES string of the molecule is CCOC(C)OCCCC(C)Br.